The van der Waals surface area contributed by atoms with E-state index in [1.165, 1.54) is 0 Å². The van der Waals surface area contributed by atoms with Crippen molar-refractivity contribution in [3.8, 4) is 5.88 Å². The number of rotatable bonds is 4. The molecule has 0 fully saturated rings. The third kappa shape index (κ3) is 3.46. The summed E-state index contributed by atoms with van der Waals surface area (Å²) in [6, 6.07) is 17.0. The average Bonchev–Trinajstić information content (AvgIpc) is 3.23. The monoisotopic (exact) mass is 437 g/mol. The number of H-pyrrole nitrogens is 1. The zero-order valence-electron chi connectivity index (χ0n) is 14.9. The van der Waals surface area contributed by atoms with Crippen LogP contribution in [0.4, 0.5) is 5.69 Å². The zero-order valence-corrected chi connectivity index (χ0v) is 16.5. The van der Waals surface area contributed by atoms with Gasteiger partial charge in [-0.1, -0.05) is 46.3 Å². The SMILES string of the molecule is Cc1cc(C(=O)N=Nc2c(O)n(Cc3ccccc3)c3ccc(Br)cc23)n[nH]1. The van der Waals surface area contributed by atoms with E-state index in [-0.39, 0.29) is 17.3 Å². The summed E-state index contributed by atoms with van der Waals surface area (Å²) in [5.74, 6) is -0.630. The average molecular weight is 438 g/mol. The molecule has 8 heteroatoms. The highest BCUT2D eigenvalue weighted by Gasteiger charge is 2.18. The second-order valence-electron chi connectivity index (χ2n) is 6.35. The van der Waals surface area contributed by atoms with Gasteiger partial charge >= 0.3 is 5.91 Å². The number of aryl methyl sites for hydroxylation is 1. The molecule has 4 rings (SSSR count). The van der Waals surface area contributed by atoms with E-state index >= 15 is 0 Å². The Morgan fingerprint density at radius 3 is 2.71 bits per heavy atom. The van der Waals surface area contributed by atoms with Crippen LogP contribution in [0.25, 0.3) is 10.9 Å². The minimum absolute atomic E-state index is 0.0493. The number of aromatic amines is 1. The maximum absolute atomic E-state index is 12.2. The molecule has 0 aliphatic heterocycles. The Bertz CT molecular complexity index is 1190. The summed E-state index contributed by atoms with van der Waals surface area (Å²) in [5.41, 5.74) is 3.00. The molecule has 0 aliphatic carbocycles. The molecular formula is C20H16BrN5O2. The Balaban J connectivity index is 1.77. The van der Waals surface area contributed by atoms with Gasteiger partial charge in [0, 0.05) is 15.6 Å². The number of nitrogens with zero attached hydrogens (tertiary/aromatic N) is 4. The molecular weight excluding hydrogens is 422 g/mol. The van der Waals surface area contributed by atoms with Crippen LogP contribution in [0.5, 0.6) is 5.88 Å². The number of nitrogens with one attached hydrogen (secondary N) is 1. The fourth-order valence-corrected chi connectivity index (χ4v) is 3.36. The molecule has 2 heterocycles. The van der Waals surface area contributed by atoms with Crippen molar-refractivity contribution in [2.45, 2.75) is 13.5 Å². The lowest BCUT2D eigenvalue weighted by atomic mass is 10.2. The smallest absolute Gasteiger partial charge is 0.315 e. The molecule has 2 aromatic carbocycles. The first kappa shape index (κ1) is 18.1. The predicted molar refractivity (Wildman–Crippen MR) is 109 cm³/mol. The topological polar surface area (TPSA) is 95.6 Å². The highest BCUT2D eigenvalue weighted by Crippen LogP contribution is 2.40. The van der Waals surface area contributed by atoms with Gasteiger partial charge in [0.05, 0.1) is 12.1 Å². The van der Waals surface area contributed by atoms with Gasteiger partial charge in [-0.3, -0.25) is 9.89 Å². The van der Waals surface area contributed by atoms with Gasteiger partial charge in [-0.25, -0.2) is 0 Å². The van der Waals surface area contributed by atoms with Crippen molar-refractivity contribution < 1.29 is 9.90 Å². The van der Waals surface area contributed by atoms with Crippen molar-refractivity contribution in [1.82, 2.24) is 14.8 Å². The highest BCUT2D eigenvalue weighted by molar-refractivity contribution is 9.10. The first-order chi connectivity index (χ1) is 13.5. The van der Waals surface area contributed by atoms with Crippen LogP contribution in [0.2, 0.25) is 0 Å². The molecule has 0 unspecified atom stereocenters. The number of carbonyl (C=O) groups excluding carboxylic acids is 1. The van der Waals surface area contributed by atoms with Gasteiger partial charge in [0.15, 0.2) is 11.4 Å². The first-order valence-electron chi connectivity index (χ1n) is 8.55. The molecule has 0 saturated carbocycles. The standard InChI is InChI=1S/C20H16BrN5O2/c1-12-9-16(23-22-12)19(27)25-24-18-15-10-14(21)7-8-17(15)26(20(18)28)11-13-5-3-2-4-6-13/h2-10,28H,11H2,1H3,(H,22,23). The van der Waals surface area contributed by atoms with E-state index in [9.17, 15) is 9.90 Å². The molecule has 1 amide bonds. The molecule has 140 valence electrons. The van der Waals surface area contributed by atoms with E-state index in [0.29, 0.717) is 11.9 Å². The number of amides is 1. The minimum atomic E-state index is -0.581. The second-order valence-corrected chi connectivity index (χ2v) is 7.26. The molecule has 0 bridgehead atoms. The van der Waals surface area contributed by atoms with Crippen LogP contribution in [-0.2, 0) is 6.54 Å². The predicted octanol–water partition coefficient (Wildman–Crippen LogP) is 5.11. The van der Waals surface area contributed by atoms with Gasteiger partial charge in [-0.05, 0) is 36.8 Å². The first-order valence-corrected chi connectivity index (χ1v) is 9.35. The fourth-order valence-electron chi connectivity index (χ4n) is 2.99. The second kappa shape index (κ2) is 7.40. The van der Waals surface area contributed by atoms with Crippen LogP contribution in [0, 0.1) is 6.92 Å². The maximum atomic E-state index is 12.2. The Kier molecular flexibility index (Phi) is 4.79. The number of hydrogen-bond donors (Lipinski definition) is 2. The Morgan fingerprint density at radius 1 is 1.21 bits per heavy atom. The van der Waals surface area contributed by atoms with E-state index in [4.69, 9.17) is 0 Å². The number of carbonyl (C=O) groups is 1. The number of fused-ring (bicyclic) bond motifs is 1. The fraction of sp³-hybridized carbons (Fsp3) is 0.100. The van der Waals surface area contributed by atoms with Gasteiger partial charge in [0.1, 0.15) is 0 Å². The largest absolute Gasteiger partial charge is 0.493 e. The summed E-state index contributed by atoms with van der Waals surface area (Å²) < 4.78 is 2.58. The quantitative estimate of drug-likeness (QED) is 0.434. The maximum Gasteiger partial charge on any atom is 0.315 e. The summed E-state index contributed by atoms with van der Waals surface area (Å²) in [5, 5.41) is 25.9. The Morgan fingerprint density at radius 2 is 2.00 bits per heavy atom. The van der Waals surface area contributed by atoms with E-state index in [2.05, 4.69) is 36.4 Å². The third-order valence-corrected chi connectivity index (χ3v) is 4.81. The lowest BCUT2D eigenvalue weighted by Crippen LogP contribution is -1.98. The van der Waals surface area contributed by atoms with E-state index in [1.54, 1.807) is 17.6 Å². The lowest BCUT2D eigenvalue weighted by molar-refractivity contribution is 0.0990. The van der Waals surface area contributed by atoms with Gasteiger partial charge in [-0.2, -0.15) is 5.10 Å². The lowest BCUT2D eigenvalue weighted by Gasteiger charge is -2.07. The van der Waals surface area contributed by atoms with Crippen LogP contribution < -0.4 is 0 Å². The molecule has 0 atom stereocenters. The summed E-state index contributed by atoms with van der Waals surface area (Å²) in [6.07, 6.45) is 0. The van der Waals surface area contributed by atoms with Crippen molar-refractivity contribution in [3.63, 3.8) is 0 Å². The molecule has 4 aromatic rings. The number of aromatic nitrogens is 3. The molecule has 28 heavy (non-hydrogen) atoms. The van der Waals surface area contributed by atoms with Gasteiger partial charge in [0.25, 0.3) is 0 Å². The summed E-state index contributed by atoms with van der Waals surface area (Å²) in [4.78, 5) is 12.2. The Hall–Kier alpha value is -3.26. The molecule has 2 aromatic heterocycles. The van der Waals surface area contributed by atoms with E-state index in [1.807, 2.05) is 48.5 Å². The highest BCUT2D eigenvalue weighted by atomic mass is 79.9. The van der Waals surface area contributed by atoms with Crippen molar-refractivity contribution in [2.75, 3.05) is 0 Å². The number of azo groups is 1. The van der Waals surface area contributed by atoms with Crippen molar-refractivity contribution in [3.05, 3.63) is 76.0 Å². The molecule has 0 radical (unpaired) electrons. The molecule has 0 spiro atoms. The molecule has 0 saturated heterocycles. The summed E-state index contributed by atoms with van der Waals surface area (Å²) in [6.45, 7) is 2.26. The van der Waals surface area contributed by atoms with Gasteiger partial charge in [0.2, 0.25) is 5.88 Å². The number of hydrogen-bond acceptors (Lipinski definition) is 4. The van der Waals surface area contributed by atoms with Crippen LogP contribution in [0.15, 0.2) is 69.3 Å². The van der Waals surface area contributed by atoms with Crippen LogP contribution >= 0.6 is 15.9 Å². The van der Waals surface area contributed by atoms with Gasteiger partial charge in [-0.15, -0.1) is 10.2 Å². The van der Waals surface area contributed by atoms with Crippen molar-refractivity contribution in [2.24, 2.45) is 10.2 Å². The van der Waals surface area contributed by atoms with Crippen LogP contribution in [-0.4, -0.2) is 25.8 Å². The normalized spacial score (nSPS) is 11.5. The number of aromatic hydroxyl groups is 1. The molecule has 2 N–H and O–H groups in total. The van der Waals surface area contributed by atoms with Gasteiger partial charge < -0.3 is 9.67 Å². The third-order valence-electron chi connectivity index (χ3n) is 4.32. The van der Waals surface area contributed by atoms with Crippen molar-refractivity contribution in [1.29, 1.82) is 0 Å². The van der Waals surface area contributed by atoms with E-state index < -0.39 is 5.91 Å². The van der Waals surface area contributed by atoms with Crippen LogP contribution in [0.3, 0.4) is 0 Å². The van der Waals surface area contributed by atoms with Crippen molar-refractivity contribution >= 4 is 38.4 Å². The minimum Gasteiger partial charge on any atom is -0.493 e. The number of benzene rings is 2. The molecule has 0 aliphatic rings. The van der Waals surface area contributed by atoms with Crippen LogP contribution in [0.1, 0.15) is 21.7 Å². The zero-order chi connectivity index (χ0) is 19.7. The number of halogens is 1. The summed E-state index contributed by atoms with van der Waals surface area (Å²) in [7, 11) is 0. The van der Waals surface area contributed by atoms with E-state index in [0.717, 1.165) is 21.2 Å². The summed E-state index contributed by atoms with van der Waals surface area (Å²) >= 11 is 3.44. The molecule has 7 nitrogen and oxygen atoms in total. The Labute approximate surface area is 168 Å².